The number of nitrogens with zero attached hydrogens (tertiary/aromatic N) is 5. The van der Waals surface area contributed by atoms with Crippen molar-refractivity contribution in [2.24, 2.45) is 5.92 Å². The molecule has 1 aliphatic rings. The number of likely N-dealkylation sites (tertiary alicyclic amines) is 1. The van der Waals surface area contributed by atoms with Gasteiger partial charge in [-0.1, -0.05) is 0 Å². The molecule has 156 valence electrons. The zero-order valence-electron chi connectivity index (χ0n) is 17.5. The molecule has 0 aliphatic carbocycles. The van der Waals surface area contributed by atoms with Gasteiger partial charge >= 0.3 is 0 Å². The summed E-state index contributed by atoms with van der Waals surface area (Å²) in [5.41, 5.74) is 2.45. The normalized spacial score (nSPS) is 15.3. The van der Waals surface area contributed by atoms with Crippen LogP contribution in [0, 0.1) is 26.7 Å². The van der Waals surface area contributed by atoms with Gasteiger partial charge < -0.3 is 10.6 Å². The number of hydrogen-bond donors (Lipinski definition) is 2. The average Bonchev–Trinajstić information content (AvgIpc) is 3.01. The van der Waals surface area contributed by atoms with Crippen LogP contribution in [0.3, 0.4) is 0 Å². The summed E-state index contributed by atoms with van der Waals surface area (Å²) >= 11 is 0. The van der Waals surface area contributed by atoms with Crippen LogP contribution < -0.4 is 10.6 Å². The maximum Gasteiger partial charge on any atom is 0.252 e. The van der Waals surface area contributed by atoms with E-state index >= 15 is 0 Å². The van der Waals surface area contributed by atoms with E-state index in [0.29, 0.717) is 18.3 Å². The molecule has 0 spiro atoms. The van der Waals surface area contributed by atoms with Gasteiger partial charge in [0.25, 0.3) is 5.95 Å². The Labute approximate surface area is 170 Å². The molecule has 0 atom stereocenters. The van der Waals surface area contributed by atoms with E-state index in [4.69, 9.17) is 0 Å². The minimum Gasteiger partial charge on any atom is -0.356 e. The lowest BCUT2D eigenvalue weighted by Gasteiger charge is -2.30. The van der Waals surface area contributed by atoms with Crippen molar-refractivity contribution in [2.75, 3.05) is 31.5 Å². The Morgan fingerprint density at radius 1 is 1.07 bits per heavy atom. The molecule has 2 aromatic heterocycles. The van der Waals surface area contributed by atoms with Gasteiger partial charge in [-0.3, -0.25) is 14.5 Å². The van der Waals surface area contributed by atoms with Gasteiger partial charge in [-0.05, 0) is 59.7 Å². The SMILES string of the molecule is CCNC(=O)C1CCN(CC(=O)Nc2cc(C)nn2-c2nc(C)cc(C)n2)CC1. The van der Waals surface area contributed by atoms with E-state index in [-0.39, 0.29) is 24.3 Å². The average molecular weight is 399 g/mol. The van der Waals surface area contributed by atoms with E-state index < -0.39 is 0 Å². The summed E-state index contributed by atoms with van der Waals surface area (Å²) in [7, 11) is 0. The van der Waals surface area contributed by atoms with Crippen LogP contribution in [0.1, 0.15) is 36.8 Å². The zero-order chi connectivity index (χ0) is 21.0. The summed E-state index contributed by atoms with van der Waals surface area (Å²) in [6.07, 6.45) is 1.54. The molecule has 0 saturated carbocycles. The first-order chi connectivity index (χ1) is 13.9. The van der Waals surface area contributed by atoms with Crippen LogP contribution in [0.5, 0.6) is 0 Å². The van der Waals surface area contributed by atoms with E-state index in [1.165, 1.54) is 0 Å². The van der Waals surface area contributed by atoms with Gasteiger partial charge in [0, 0.05) is 29.9 Å². The third kappa shape index (κ3) is 5.38. The second-order valence-corrected chi connectivity index (χ2v) is 7.53. The van der Waals surface area contributed by atoms with Gasteiger partial charge in [-0.15, -0.1) is 0 Å². The fourth-order valence-electron chi connectivity index (χ4n) is 3.60. The summed E-state index contributed by atoms with van der Waals surface area (Å²) in [6.45, 7) is 9.97. The second-order valence-electron chi connectivity index (χ2n) is 7.53. The Balaban J connectivity index is 1.61. The Morgan fingerprint density at radius 3 is 2.34 bits per heavy atom. The topological polar surface area (TPSA) is 105 Å². The van der Waals surface area contributed by atoms with Crippen molar-refractivity contribution in [3.8, 4) is 5.95 Å². The van der Waals surface area contributed by atoms with E-state index in [9.17, 15) is 9.59 Å². The highest BCUT2D eigenvalue weighted by Crippen LogP contribution is 2.18. The molecule has 0 aromatic carbocycles. The first-order valence-electron chi connectivity index (χ1n) is 10.0. The van der Waals surface area contributed by atoms with Crippen molar-refractivity contribution in [1.29, 1.82) is 0 Å². The predicted molar refractivity (Wildman–Crippen MR) is 110 cm³/mol. The lowest BCUT2D eigenvalue weighted by Crippen LogP contribution is -2.43. The maximum atomic E-state index is 12.6. The summed E-state index contributed by atoms with van der Waals surface area (Å²) in [5, 5.41) is 10.2. The van der Waals surface area contributed by atoms with Crippen LogP contribution >= 0.6 is 0 Å². The number of rotatable bonds is 6. The van der Waals surface area contributed by atoms with Gasteiger partial charge in [-0.25, -0.2) is 9.97 Å². The van der Waals surface area contributed by atoms with Crippen LogP contribution in [-0.4, -0.2) is 62.6 Å². The Hall–Kier alpha value is -2.81. The number of aryl methyl sites for hydroxylation is 3. The van der Waals surface area contributed by atoms with Gasteiger partial charge in [0.1, 0.15) is 5.82 Å². The molecule has 1 fully saturated rings. The first-order valence-corrected chi connectivity index (χ1v) is 10.0. The Kier molecular flexibility index (Phi) is 6.58. The number of carbonyl (C=O) groups excluding carboxylic acids is 2. The number of nitrogens with one attached hydrogen (secondary N) is 2. The standard InChI is InChI=1S/C20H29N7O2/c1-5-21-19(29)16-6-8-26(9-7-16)12-18(28)24-17-11-15(4)25-27(17)20-22-13(2)10-14(3)23-20/h10-11,16H,5-9,12H2,1-4H3,(H,21,29)(H,24,28). The van der Waals surface area contributed by atoms with E-state index in [1.54, 1.807) is 10.7 Å². The summed E-state index contributed by atoms with van der Waals surface area (Å²) in [4.78, 5) is 35.5. The largest absolute Gasteiger partial charge is 0.356 e. The molecule has 29 heavy (non-hydrogen) atoms. The van der Waals surface area contributed by atoms with Gasteiger partial charge in [0.15, 0.2) is 0 Å². The zero-order valence-corrected chi connectivity index (χ0v) is 17.5. The fourth-order valence-corrected chi connectivity index (χ4v) is 3.60. The van der Waals surface area contributed by atoms with Crippen molar-refractivity contribution in [3.05, 3.63) is 29.2 Å². The third-order valence-electron chi connectivity index (χ3n) is 4.94. The maximum absolute atomic E-state index is 12.6. The molecule has 1 saturated heterocycles. The molecule has 0 radical (unpaired) electrons. The monoisotopic (exact) mass is 399 g/mol. The van der Waals surface area contributed by atoms with E-state index in [1.807, 2.05) is 33.8 Å². The smallest absolute Gasteiger partial charge is 0.252 e. The molecule has 9 heteroatoms. The highest BCUT2D eigenvalue weighted by molar-refractivity contribution is 5.91. The van der Waals surface area contributed by atoms with Crippen LogP contribution in [-0.2, 0) is 9.59 Å². The molecule has 3 rings (SSSR count). The molecule has 2 aromatic rings. The molecule has 0 unspecified atom stereocenters. The van der Waals surface area contributed by atoms with Crippen molar-refractivity contribution in [3.63, 3.8) is 0 Å². The van der Waals surface area contributed by atoms with Gasteiger partial charge in [-0.2, -0.15) is 9.78 Å². The number of carbonyl (C=O) groups is 2. The number of amides is 2. The highest BCUT2D eigenvalue weighted by Gasteiger charge is 2.25. The number of piperidine rings is 1. The first kappa shape index (κ1) is 20.9. The van der Waals surface area contributed by atoms with Crippen LogP contribution in [0.15, 0.2) is 12.1 Å². The molecule has 2 N–H and O–H groups in total. The van der Waals surface area contributed by atoms with Crippen molar-refractivity contribution in [2.45, 2.75) is 40.5 Å². The number of aromatic nitrogens is 4. The summed E-state index contributed by atoms with van der Waals surface area (Å²) in [5.74, 6) is 1.03. The molecular weight excluding hydrogens is 370 g/mol. The molecule has 9 nitrogen and oxygen atoms in total. The van der Waals surface area contributed by atoms with Crippen LogP contribution in [0.4, 0.5) is 5.82 Å². The summed E-state index contributed by atoms with van der Waals surface area (Å²) in [6, 6.07) is 3.70. The molecule has 0 bridgehead atoms. The van der Waals surface area contributed by atoms with E-state index in [0.717, 1.165) is 43.0 Å². The number of anilines is 1. The number of hydrogen-bond acceptors (Lipinski definition) is 6. The lowest BCUT2D eigenvalue weighted by atomic mass is 9.96. The van der Waals surface area contributed by atoms with Crippen molar-refractivity contribution >= 4 is 17.6 Å². The second kappa shape index (κ2) is 9.13. The third-order valence-corrected chi connectivity index (χ3v) is 4.94. The lowest BCUT2D eigenvalue weighted by molar-refractivity contribution is -0.126. The molecule has 2 amide bonds. The van der Waals surface area contributed by atoms with Crippen LogP contribution in [0.2, 0.25) is 0 Å². The van der Waals surface area contributed by atoms with Crippen molar-refractivity contribution in [1.82, 2.24) is 30.0 Å². The van der Waals surface area contributed by atoms with E-state index in [2.05, 4.69) is 30.6 Å². The molecule has 3 heterocycles. The Bertz CT molecular complexity index is 865. The fraction of sp³-hybridized carbons (Fsp3) is 0.550. The Morgan fingerprint density at radius 2 is 1.72 bits per heavy atom. The van der Waals surface area contributed by atoms with Crippen LogP contribution in [0.25, 0.3) is 5.95 Å². The molecular formula is C20H29N7O2. The van der Waals surface area contributed by atoms with Crippen molar-refractivity contribution < 1.29 is 9.59 Å². The van der Waals surface area contributed by atoms with Gasteiger partial charge in [0.2, 0.25) is 11.8 Å². The van der Waals surface area contributed by atoms with Gasteiger partial charge in [0.05, 0.1) is 12.2 Å². The predicted octanol–water partition coefficient (Wildman–Crippen LogP) is 1.37. The molecule has 1 aliphatic heterocycles. The minimum atomic E-state index is -0.119. The highest BCUT2D eigenvalue weighted by atomic mass is 16.2. The minimum absolute atomic E-state index is 0.0417. The summed E-state index contributed by atoms with van der Waals surface area (Å²) < 4.78 is 1.56. The quantitative estimate of drug-likeness (QED) is 0.760.